The molecule has 3 rings (SSSR count). The van der Waals surface area contributed by atoms with Gasteiger partial charge in [0.2, 0.25) is 0 Å². The van der Waals surface area contributed by atoms with Crippen LogP contribution >= 0.6 is 0 Å². The lowest BCUT2D eigenvalue weighted by Crippen LogP contribution is -2.29. The van der Waals surface area contributed by atoms with E-state index in [1.54, 1.807) is 12.1 Å². The molecule has 0 atom stereocenters. The second-order valence-electron chi connectivity index (χ2n) is 4.67. The van der Waals surface area contributed by atoms with Gasteiger partial charge in [0, 0.05) is 6.07 Å². The molecule has 0 unspecified atom stereocenters. The fourth-order valence-electron chi connectivity index (χ4n) is 2.28. The van der Waals surface area contributed by atoms with Gasteiger partial charge >= 0.3 is 0 Å². The Morgan fingerprint density at radius 1 is 1.05 bits per heavy atom. The van der Waals surface area contributed by atoms with Crippen molar-refractivity contribution < 1.29 is 23.5 Å². The number of carbonyl (C=O) groups excluding carboxylic acids is 2. The van der Waals surface area contributed by atoms with Crippen LogP contribution < -0.4 is 4.90 Å². The monoisotopic (exact) mass is 289 g/mol. The molecule has 4 nitrogen and oxygen atoms in total. The Hall–Kier alpha value is -2.76. The number of Topliss-reactive ketones (excluding diaryl/α,β-unsaturated/α-hetero) is 1. The van der Waals surface area contributed by atoms with Crippen LogP contribution in [0.5, 0.6) is 5.75 Å². The molecule has 1 N–H and O–H groups in total. The maximum Gasteiger partial charge on any atom is 0.299 e. The van der Waals surface area contributed by atoms with Crippen LogP contribution in [0, 0.1) is 11.6 Å². The molecule has 0 bridgehead atoms. The highest BCUT2D eigenvalue weighted by Gasteiger charge is 2.37. The van der Waals surface area contributed by atoms with E-state index in [2.05, 4.69) is 0 Å². The van der Waals surface area contributed by atoms with Crippen molar-refractivity contribution in [3.63, 3.8) is 0 Å². The standard InChI is InChI=1S/C15H9F2NO3/c16-11-5-10-13(6-12(11)17)18(15(21)14(10)20)7-8-2-1-3-9(19)4-8/h1-6,19H,7H2. The first-order valence-corrected chi connectivity index (χ1v) is 6.10. The number of phenols is 1. The van der Waals surface area contributed by atoms with Crippen LogP contribution in [-0.2, 0) is 11.3 Å². The van der Waals surface area contributed by atoms with Crippen molar-refractivity contribution in [3.05, 3.63) is 59.2 Å². The minimum absolute atomic E-state index is 0.0102. The van der Waals surface area contributed by atoms with Crippen molar-refractivity contribution in [2.24, 2.45) is 0 Å². The molecule has 0 spiro atoms. The minimum atomic E-state index is -1.17. The van der Waals surface area contributed by atoms with Crippen molar-refractivity contribution in [1.82, 2.24) is 0 Å². The predicted molar refractivity (Wildman–Crippen MR) is 70.0 cm³/mol. The van der Waals surface area contributed by atoms with Gasteiger partial charge in [-0.15, -0.1) is 0 Å². The number of rotatable bonds is 2. The second kappa shape index (κ2) is 4.66. The first-order valence-electron chi connectivity index (χ1n) is 6.10. The average molecular weight is 289 g/mol. The molecular weight excluding hydrogens is 280 g/mol. The van der Waals surface area contributed by atoms with E-state index in [0.717, 1.165) is 17.0 Å². The van der Waals surface area contributed by atoms with Crippen molar-refractivity contribution in [2.75, 3.05) is 4.90 Å². The van der Waals surface area contributed by atoms with Gasteiger partial charge in [0.15, 0.2) is 11.6 Å². The fourth-order valence-corrected chi connectivity index (χ4v) is 2.28. The van der Waals surface area contributed by atoms with Crippen LogP contribution in [0.3, 0.4) is 0 Å². The summed E-state index contributed by atoms with van der Waals surface area (Å²) in [6, 6.07) is 7.68. The van der Waals surface area contributed by atoms with Crippen molar-refractivity contribution in [2.45, 2.75) is 6.54 Å². The number of fused-ring (bicyclic) bond motifs is 1. The van der Waals surface area contributed by atoms with E-state index in [4.69, 9.17) is 0 Å². The van der Waals surface area contributed by atoms with Gasteiger partial charge in [-0.05, 0) is 23.8 Å². The number of halogens is 2. The molecule has 2 aromatic rings. The molecule has 2 aromatic carbocycles. The van der Waals surface area contributed by atoms with Gasteiger partial charge in [-0.3, -0.25) is 9.59 Å². The Kier molecular flexibility index (Phi) is 2.94. The number of benzene rings is 2. The van der Waals surface area contributed by atoms with E-state index in [0.29, 0.717) is 5.56 Å². The zero-order valence-corrected chi connectivity index (χ0v) is 10.6. The molecule has 1 aliphatic rings. The van der Waals surface area contributed by atoms with E-state index in [1.807, 2.05) is 0 Å². The van der Waals surface area contributed by atoms with Gasteiger partial charge in [-0.1, -0.05) is 12.1 Å². The zero-order valence-electron chi connectivity index (χ0n) is 10.6. The van der Waals surface area contributed by atoms with Gasteiger partial charge in [0.25, 0.3) is 11.7 Å². The fraction of sp³-hybridized carbons (Fsp3) is 0.0667. The van der Waals surface area contributed by atoms with Gasteiger partial charge < -0.3 is 10.0 Å². The van der Waals surface area contributed by atoms with E-state index in [1.165, 1.54) is 12.1 Å². The van der Waals surface area contributed by atoms with Crippen LogP contribution in [0.2, 0.25) is 0 Å². The lowest BCUT2D eigenvalue weighted by atomic mass is 10.1. The number of phenolic OH excluding ortho intramolecular Hbond substituents is 1. The third-order valence-electron chi connectivity index (χ3n) is 3.26. The lowest BCUT2D eigenvalue weighted by Gasteiger charge is -2.16. The number of hydrogen-bond acceptors (Lipinski definition) is 3. The zero-order chi connectivity index (χ0) is 15.1. The van der Waals surface area contributed by atoms with Gasteiger partial charge in [0.1, 0.15) is 5.75 Å². The van der Waals surface area contributed by atoms with E-state index in [-0.39, 0.29) is 23.5 Å². The van der Waals surface area contributed by atoms with Crippen LogP contribution in [0.1, 0.15) is 15.9 Å². The number of carbonyl (C=O) groups is 2. The molecule has 0 radical (unpaired) electrons. The molecule has 0 saturated heterocycles. The summed E-state index contributed by atoms with van der Waals surface area (Å²) < 4.78 is 26.5. The maximum atomic E-state index is 13.3. The van der Waals surface area contributed by atoms with Gasteiger partial charge in [0.05, 0.1) is 17.8 Å². The molecule has 106 valence electrons. The van der Waals surface area contributed by atoms with Crippen LogP contribution in [-0.4, -0.2) is 16.8 Å². The van der Waals surface area contributed by atoms with E-state index < -0.39 is 23.3 Å². The first kappa shape index (κ1) is 13.2. The largest absolute Gasteiger partial charge is 0.508 e. The van der Waals surface area contributed by atoms with Crippen molar-refractivity contribution >= 4 is 17.4 Å². The molecule has 21 heavy (non-hydrogen) atoms. The topological polar surface area (TPSA) is 57.6 Å². The molecule has 0 saturated carbocycles. The first-order chi connectivity index (χ1) is 9.97. The maximum absolute atomic E-state index is 13.3. The van der Waals surface area contributed by atoms with Crippen molar-refractivity contribution in [3.8, 4) is 5.75 Å². The molecule has 1 amide bonds. The normalized spacial score (nSPS) is 13.7. The average Bonchev–Trinajstić information content (AvgIpc) is 2.65. The summed E-state index contributed by atoms with van der Waals surface area (Å²) in [6.45, 7) is -0.0168. The minimum Gasteiger partial charge on any atom is -0.508 e. The Morgan fingerprint density at radius 2 is 1.76 bits per heavy atom. The summed E-state index contributed by atoms with van der Waals surface area (Å²) in [4.78, 5) is 24.8. The molecule has 0 aliphatic carbocycles. The Labute approximate surface area is 118 Å². The molecule has 0 fully saturated rings. The quantitative estimate of drug-likeness (QED) is 0.864. The summed E-state index contributed by atoms with van der Waals surface area (Å²) in [5, 5.41) is 9.40. The second-order valence-corrected chi connectivity index (χ2v) is 4.67. The Bertz CT molecular complexity index is 774. The number of aromatic hydroxyl groups is 1. The highest BCUT2D eigenvalue weighted by Crippen LogP contribution is 2.32. The van der Waals surface area contributed by atoms with Gasteiger partial charge in [-0.2, -0.15) is 0 Å². The highest BCUT2D eigenvalue weighted by atomic mass is 19.2. The summed E-state index contributed by atoms with van der Waals surface area (Å²) in [6.07, 6.45) is 0. The van der Waals surface area contributed by atoms with Gasteiger partial charge in [-0.25, -0.2) is 8.78 Å². The molecule has 1 heterocycles. The SMILES string of the molecule is O=C1C(=O)N(Cc2cccc(O)c2)c2cc(F)c(F)cc21. The number of hydrogen-bond donors (Lipinski definition) is 1. The third-order valence-corrected chi connectivity index (χ3v) is 3.26. The number of amides is 1. The van der Waals surface area contributed by atoms with E-state index in [9.17, 15) is 23.5 Å². The number of nitrogens with zero attached hydrogens (tertiary/aromatic N) is 1. The van der Waals surface area contributed by atoms with Crippen LogP contribution in [0.4, 0.5) is 14.5 Å². The predicted octanol–water partition coefficient (Wildman–Crippen LogP) is 2.40. The number of anilines is 1. The molecular formula is C15H9F2NO3. The molecule has 1 aliphatic heterocycles. The smallest absolute Gasteiger partial charge is 0.299 e. The molecule has 6 heteroatoms. The molecule has 0 aromatic heterocycles. The van der Waals surface area contributed by atoms with Crippen LogP contribution in [0.25, 0.3) is 0 Å². The summed E-state index contributed by atoms with van der Waals surface area (Å²) in [7, 11) is 0. The Morgan fingerprint density at radius 3 is 2.48 bits per heavy atom. The highest BCUT2D eigenvalue weighted by molar-refractivity contribution is 6.52. The summed E-state index contributed by atoms with van der Waals surface area (Å²) in [5.41, 5.74) is 0.444. The Balaban J connectivity index is 2.03. The summed E-state index contributed by atoms with van der Waals surface area (Å²) >= 11 is 0. The van der Waals surface area contributed by atoms with E-state index >= 15 is 0 Å². The summed E-state index contributed by atoms with van der Waals surface area (Å²) in [5.74, 6) is -4.01. The third kappa shape index (κ3) is 2.14. The number of ketones is 1. The van der Waals surface area contributed by atoms with Crippen molar-refractivity contribution in [1.29, 1.82) is 0 Å². The lowest BCUT2D eigenvalue weighted by molar-refractivity contribution is -0.114. The van der Waals surface area contributed by atoms with Crippen LogP contribution in [0.15, 0.2) is 36.4 Å².